The Labute approximate surface area is 131 Å². The van der Waals surface area contributed by atoms with E-state index in [0.717, 1.165) is 0 Å². The van der Waals surface area contributed by atoms with Crippen molar-refractivity contribution in [2.75, 3.05) is 11.9 Å². The van der Waals surface area contributed by atoms with Crippen LogP contribution >= 0.6 is 27.5 Å². The number of anilines is 1. The third kappa shape index (κ3) is 6.25. The summed E-state index contributed by atoms with van der Waals surface area (Å²) >= 11 is 9.11. The molecule has 0 aromatic heterocycles. The van der Waals surface area contributed by atoms with E-state index in [1.165, 1.54) is 0 Å². The molecule has 1 aromatic carbocycles. The molecule has 0 aliphatic carbocycles. The summed E-state index contributed by atoms with van der Waals surface area (Å²) in [6.45, 7) is 5.07. The number of halogens is 2. The minimum atomic E-state index is -0.634. The average Bonchev–Trinajstić information content (AvgIpc) is 2.29. The number of hydrogen-bond acceptors (Lipinski definition) is 3. The number of ether oxygens (including phenoxy) is 1. The van der Waals surface area contributed by atoms with Gasteiger partial charge in [-0.15, -0.1) is 0 Å². The molecule has 1 rings (SSSR count). The zero-order chi connectivity index (χ0) is 15.3. The summed E-state index contributed by atoms with van der Waals surface area (Å²) in [5, 5.41) is 5.56. The van der Waals surface area contributed by atoms with Crippen molar-refractivity contribution < 1.29 is 14.3 Å². The van der Waals surface area contributed by atoms with Gasteiger partial charge >= 0.3 is 6.09 Å². The van der Waals surface area contributed by atoms with Gasteiger partial charge in [0.15, 0.2) is 0 Å². The van der Waals surface area contributed by atoms with E-state index in [4.69, 9.17) is 16.3 Å². The van der Waals surface area contributed by atoms with Gasteiger partial charge < -0.3 is 15.4 Å². The number of rotatable bonds is 3. The smallest absolute Gasteiger partial charge is 0.408 e. The molecule has 0 radical (unpaired) electrons. The largest absolute Gasteiger partial charge is 0.444 e. The number of carbonyl (C=O) groups excluding carboxylic acids is 2. The highest BCUT2D eigenvalue weighted by Crippen LogP contribution is 2.25. The number of carbonyl (C=O) groups is 2. The van der Waals surface area contributed by atoms with Gasteiger partial charge in [-0.3, -0.25) is 4.79 Å². The van der Waals surface area contributed by atoms with Gasteiger partial charge in [-0.05, 0) is 54.9 Å². The van der Waals surface area contributed by atoms with Crippen LogP contribution in [0.1, 0.15) is 20.8 Å². The molecule has 2 N–H and O–H groups in total. The number of hydrogen-bond donors (Lipinski definition) is 2. The van der Waals surface area contributed by atoms with Gasteiger partial charge in [-0.1, -0.05) is 11.6 Å². The zero-order valence-electron chi connectivity index (χ0n) is 11.4. The Morgan fingerprint density at radius 1 is 1.35 bits per heavy atom. The zero-order valence-corrected chi connectivity index (χ0v) is 13.8. The van der Waals surface area contributed by atoms with E-state index in [-0.39, 0.29) is 12.5 Å². The number of amides is 2. The number of benzene rings is 1. The van der Waals surface area contributed by atoms with E-state index < -0.39 is 11.7 Å². The number of alkyl carbamates (subject to hydrolysis) is 1. The second kappa shape index (κ2) is 6.95. The van der Waals surface area contributed by atoms with Crippen LogP contribution < -0.4 is 10.6 Å². The molecule has 5 nitrogen and oxygen atoms in total. The minimum absolute atomic E-state index is 0.171. The lowest BCUT2D eigenvalue weighted by Crippen LogP contribution is -2.37. The van der Waals surface area contributed by atoms with Gasteiger partial charge in [-0.2, -0.15) is 0 Å². The standard InChI is InChI=1S/C13H16BrClN2O3/c1-13(2,3)20-12(19)16-7-11(18)17-8-4-5-10(15)9(14)6-8/h4-6H,7H2,1-3H3,(H,16,19)(H,17,18). The predicted octanol–water partition coefficient (Wildman–Crippen LogP) is 3.57. The maximum absolute atomic E-state index is 11.6. The molecule has 20 heavy (non-hydrogen) atoms. The molecule has 0 atom stereocenters. The quantitative estimate of drug-likeness (QED) is 0.863. The lowest BCUT2D eigenvalue weighted by molar-refractivity contribution is -0.115. The first-order valence-corrected chi connectivity index (χ1v) is 7.06. The SMILES string of the molecule is CC(C)(C)OC(=O)NCC(=O)Nc1ccc(Cl)c(Br)c1. The van der Waals surface area contributed by atoms with Crippen LogP contribution in [0.3, 0.4) is 0 Å². The van der Waals surface area contributed by atoms with Crippen molar-refractivity contribution in [3.63, 3.8) is 0 Å². The Hall–Kier alpha value is -1.27. The summed E-state index contributed by atoms with van der Waals surface area (Å²) in [7, 11) is 0. The van der Waals surface area contributed by atoms with E-state index >= 15 is 0 Å². The minimum Gasteiger partial charge on any atom is -0.444 e. The highest BCUT2D eigenvalue weighted by Gasteiger charge is 2.16. The summed E-state index contributed by atoms with van der Waals surface area (Å²) in [6, 6.07) is 4.99. The fourth-order valence-corrected chi connectivity index (χ4v) is 1.74. The lowest BCUT2D eigenvalue weighted by Gasteiger charge is -2.19. The third-order valence-electron chi connectivity index (χ3n) is 2.00. The molecule has 110 valence electrons. The monoisotopic (exact) mass is 362 g/mol. The van der Waals surface area contributed by atoms with Crippen molar-refractivity contribution in [1.29, 1.82) is 0 Å². The fraction of sp³-hybridized carbons (Fsp3) is 0.385. The molecule has 0 aliphatic heterocycles. The second-order valence-electron chi connectivity index (χ2n) is 5.03. The van der Waals surface area contributed by atoms with Gasteiger partial charge in [0.25, 0.3) is 0 Å². The molecule has 7 heteroatoms. The molecule has 1 aromatic rings. The fourth-order valence-electron chi connectivity index (χ4n) is 1.25. The van der Waals surface area contributed by atoms with Crippen LogP contribution in [-0.2, 0) is 9.53 Å². The van der Waals surface area contributed by atoms with Crippen LogP contribution in [0.4, 0.5) is 10.5 Å². The number of nitrogens with one attached hydrogen (secondary N) is 2. The van der Waals surface area contributed by atoms with Crippen molar-refractivity contribution in [3.8, 4) is 0 Å². The summed E-state index contributed by atoms with van der Waals surface area (Å²) < 4.78 is 5.70. The van der Waals surface area contributed by atoms with Crippen molar-refractivity contribution in [1.82, 2.24) is 5.32 Å². The van der Waals surface area contributed by atoms with Crippen molar-refractivity contribution in [2.45, 2.75) is 26.4 Å². The van der Waals surface area contributed by atoms with E-state index in [1.54, 1.807) is 39.0 Å². The highest BCUT2D eigenvalue weighted by atomic mass is 79.9. The predicted molar refractivity (Wildman–Crippen MR) is 82.0 cm³/mol. The Bertz CT molecular complexity index is 515. The molecular formula is C13H16BrClN2O3. The Morgan fingerprint density at radius 2 is 2.00 bits per heavy atom. The van der Waals surface area contributed by atoms with Crippen LogP contribution in [0.5, 0.6) is 0 Å². The first-order valence-electron chi connectivity index (χ1n) is 5.89. The van der Waals surface area contributed by atoms with Gasteiger partial charge in [0, 0.05) is 10.2 Å². The van der Waals surface area contributed by atoms with Crippen LogP contribution in [-0.4, -0.2) is 24.1 Å². The van der Waals surface area contributed by atoms with E-state index in [0.29, 0.717) is 15.2 Å². The molecule has 0 spiro atoms. The summed E-state index contributed by atoms with van der Waals surface area (Å²) in [4.78, 5) is 23.0. The second-order valence-corrected chi connectivity index (χ2v) is 6.29. The van der Waals surface area contributed by atoms with Gasteiger partial charge in [0.05, 0.1) is 5.02 Å². The molecule has 0 aliphatic rings. The molecular weight excluding hydrogens is 348 g/mol. The van der Waals surface area contributed by atoms with Crippen molar-refractivity contribution in [3.05, 3.63) is 27.7 Å². The molecule has 0 fully saturated rings. The van der Waals surface area contributed by atoms with E-state index in [1.807, 2.05) is 0 Å². The lowest BCUT2D eigenvalue weighted by atomic mass is 10.2. The summed E-state index contributed by atoms with van der Waals surface area (Å²) in [5.74, 6) is -0.356. The van der Waals surface area contributed by atoms with E-state index in [2.05, 4.69) is 26.6 Å². The van der Waals surface area contributed by atoms with Gasteiger partial charge in [0.1, 0.15) is 12.1 Å². The molecule has 0 saturated carbocycles. The van der Waals surface area contributed by atoms with E-state index in [9.17, 15) is 9.59 Å². The van der Waals surface area contributed by atoms with Gasteiger partial charge in [-0.25, -0.2) is 4.79 Å². The van der Waals surface area contributed by atoms with Crippen molar-refractivity contribution in [2.24, 2.45) is 0 Å². The maximum Gasteiger partial charge on any atom is 0.408 e. The first kappa shape index (κ1) is 16.8. The highest BCUT2D eigenvalue weighted by molar-refractivity contribution is 9.10. The molecule has 0 saturated heterocycles. The third-order valence-corrected chi connectivity index (χ3v) is 3.21. The Morgan fingerprint density at radius 3 is 2.55 bits per heavy atom. The maximum atomic E-state index is 11.6. The molecule has 0 bridgehead atoms. The van der Waals surface area contributed by atoms with Crippen molar-refractivity contribution >= 4 is 45.2 Å². The topological polar surface area (TPSA) is 67.4 Å². The summed E-state index contributed by atoms with van der Waals surface area (Å²) in [6.07, 6.45) is -0.634. The molecule has 0 unspecified atom stereocenters. The van der Waals surface area contributed by atoms with Crippen LogP contribution in [0.15, 0.2) is 22.7 Å². The van der Waals surface area contributed by atoms with Crippen LogP contribution in [0.25, 0.3) is 0 Å². The normalized spacial score (nSPS) is 10.8. The van der Waals surface area contributed by atoms with Crippen LogP contribution in [0.2, 0.25) is 5.02 Å². The summed E-state index contributed by atoms with van der Waals surface area (Å²) in [5.41, 5.74) is -0.0148. The molecule has 2 amide bonds. The Kier molecular flexibility index (Phi) is 5.83. The van der Waals surface area contributed by atoms with Crippen LogP contribution in [0, 0.1) is 0 Å². The van der Waals surface area contributed by atoms with Gasteiger partial charge in [0.2, 0.25) is 5.91 Å². The Balaban J connectivity index is 2.44. The molecule has 0 heterocycles. The first-order chi connectivity index (χ1) is 9.17. The average molecular weight is 364 g/mol.